The van der Waals surface area contributed by atoms with Gasteiger partial charge in [0.05, 0.1) is 15.8 Å². The molecular formula is C15H18Cl2N2O. The summed E-state index contributed by atoms with van der Waals surface area (Å²) >= 11 is 11.8. The molecule has 0 saturated heterocycles. The fraction of sp³-hybridized carbons (Fsp3) is 0.467. The lowest BCUT2D eigenvalue weighted by atomic mass is 9.89. The number of nitrogens with zero attached hydrogens (tertiary/aromatic N) is 1. The van der Waals surface area contributed by atoms with Gasteiger partial charge in [-0.05, 0) is 37.5 Å². The van der Waals surface area contributed by atoms with E-state index in [-0.39, 0.29) is 11.8 Å². The van der Waals surface area contributed by atoms with Gasteiger partial charge in [-0.25, -0.2) is 5.43 Å². The number of amides is 1. The zero-order valence-electron chi connectivity index (χ0n) is 11.5. The molecule has 0 heterocycles. The fourth-order valence-electron chi connectivity index (χ4n) is 2.38. The van der Waals surface area contributed by atoms with Crippen LogP contribution in [0, 0.1) is 5.92 Å². The highest BCUT2D eigenvalue weighted by Crippen LogP contribution is 2.24. The maximum atomic E-state index is 12.0. The minimum Gasteiger partial charge on any atom is -0.273 e. The van der Waals surface area contributed by atoms with E-state index in [0.29, 0.717) is 15.8 Å². The second-order valence-electron chi connectivity index (χ2n) is 5.14. The van der Waals surface area contributed by atoms with Gasteiger partial charge < -0.3 is 0 Å². The molecule has 0 aromatic heterocycles. The standard InChI is InChI=1S/C15H18Cl2N2O/c1-10(12-7-8-13(16)14(17)9-12)18-19-15(20)11-5-3-2-4-6-11/h7-9,11H,2-6H2,1H3,(H,19,20). The molecule has 0 radical (unpaired) electrons. The van der Waals surface area contributed by atoms with E-state index in [1.807, 2.05) is 13.0 Å². The molecule has 1 N–H and O–H groups in total. The van der Waals surface area contributed by atoms with Crippen LogP contribution in [-0.2, 0) is 4.79 Å². The number of hydrogen-bond donors (Lipinski definition) is 1. The lowest BCUT2D eigenvalue weighted by Gasteiger charge is -2.19. The van der Waals surface area contributed by atoms with Gasteiger partial charge in [-0.1, -0.05) is 48.5 Å². The van der Waals surface area contributed by atoms with Crippen molar-refractivity contribution in [1.82, 2.24) is 5.43 Å². The Hall–Kier alpha value is -1.06. The van der Waals surface area contributed by atoms with Crippen LogP contribution in [0.2, 0.25) is 10.0 Å². The first kappa shape index (κ1) is 15.3. The van der Waals surface area contributed by atoms with Crippen LogP contribution in [-0.4, -0.2) is 11.6 Å². The number of hydrogen-bond acceptors (Lipinski definition) is 2. The Morgan fingerprint density at radius 1 is 1.20 bits per heavy atom. The Bertz CT molecular complexity index is 523. The molecule has 20 heavy (non-hydrogen) atoms. The zero-order chi connectivity index (χ0) is 14.5. The van der Waals surface area contributed by atoms with Crippen LogP contribution >= 0.6 is 23.2 Å². The van der Waals surface area contributed by atoms with Gasteiger partial charge in [0.25, 0.3) is 0 Å². The Balaban J connectivity index is 1.99. The van der Waals surface area contributed by atoms with Crippen LogP contribution in [0.1, 0.15) is 44.6 Å². The Kier molecular flexibility index (Phi) is 5.44. The van der Waals surface area contributed by atoms with Crippen LogP contribution < -0.4 is 5.43 Å². The third-order valence-electron chi connectivity index (χ3n) is 3.65. The average Bonchev–Trinajstić information content (AvgIpc) is 2.48. The fourth-order valence-corrected chi connectivity index (χ4v) is 2.68. The highest BCUT2D eigenvalue weighted by Gasteiger charge is 2.20. The van der Waals surface area contributed by atoms with E-state index in [1.165, 1.54) is 6.42 Å². The molecule has 1 aliphatic rings. The first-order valence-electron chi connectivity index (χ1n) is 6.87. The van der Waals surface area contributed by atoms with Crippen molar-refractivity contribution in [2.45, 2.75) is 39.0 Å². The highest BCUT2D eigenvalue weighted by atomic mass is 35.5. The Morgan fingerprint density at radius 3 is 2.55 bits per heavy atom. The number of hydrazone groups is 1. The summed E-state index contributed by atoms with van der Waals surface area (Å²) in [5.41, 5.74) is 4.22. The summed E-state index contributed by atoms with van der Waals surface area (Å²) in [5, 5.41) is 5.15. The van der Waals surface area contributed by atoms with Gasteiger partial charge in [0.1, 0.15) is 0 Å². The molecule has 0 unspecified atom stereocenters. The predicted octanol–water partition coefficient (Wildman–Crippen LogP) is 4.41. The van der Waals surface area contributed by atoms with E-state index in [0.717, 1.165) is 31.2 Å². The van der Waals surface area contributed by atoms with Gasteiger partial charge in [-0.2, -0.15) is 5.10 Å². The van der Waals surface area contributed by atoms with Crippen molar-refractivity contribution in [3.05, 3.63) is 33.8 Å². The number of carbonyl (C=O) groups is 1. The molecule has 5 heteroatoms. The van der Waals surface area contributed by atoms with E-state index in [2.05, 4.69) is 10.5 Å². The van der Waals surface area contributed by atoms with Crippen LogP contribution in [0.4, 0.5) is 0 Å². The zero-order valence-corrected chi connectivity index (χ0v) is 13.0. The Labute approximate surface area is 129 Å². The molecule has 0 bridgehead atoms. The lowest BCUT2D eigenvalue weighted by molar-refractivity contribution is -0.125. The number of rotatable bonds is 3. The van der Waals surface area contributed by atoms with Crippen molar-refractivity contribution >= 4 is 34.8 Å². The minimum atomic E-state index is 0.0177. The molecule has 1 aliphatic carbocycles. The molecule has 2 rings (SSSR count). The molecule has 0 spiro atoms. The average molecular weight is 313 g/mol. The first-order chi connectivity index (χ1) is 9.58. The maximum absolute atomic E-state index is 12.0. The normalized spacial score (nSPS) is 17.1. The SMILES string of the molecule is CC(=NNC(=O)C1CCCCC1)c1ccc(Cl)c(Cl)c1. The number of benzene rings is 1. The molecule has 1 aromatic carbocycles. The molecule has 1 aromatic rings. The summed E-state index contributed by atoms with van der Waals surface area (Å²) in [6.07, 6.45) is 5.43. The largest absolute Gasteiger partial charge is 0.273 e. The lowest BCUT2D eigenvalue weighted by Crippen LogP contribution is -2.29. The second kappa shape index (κ2) is 7.09. The van der Waals surface area contributed by atoms with E-state index >= 15 is 0 Å². The summed E-state index contributed by atoms with van der Waals surface area (Å²) in [6.45, 7) is 1.83. The number of halogens is 2. The topological polar surface area (TPSA) is 41.5 Å². The van der Waals surface area contributed by atoms with E-state index < -0.39 is 0 Å². The molecule has 1 amide bonds. The maximum Gasteiger partial charge on any atom is 0.243 e. The van der Waals surface area contributed by atoms with Gasteiger partial charge in [-0.15, -0.1) is 0 Å². The van der Waals surface area contributed by atoms with Gasteiger partial charge in [0, 0.05) is 5.92 Å². The van der Waals surface area contributed by atoms with Crippen molar-refractivity contribution in [1.29, 1.82) is 0 Å². The summed E-state index contributed by atoms with van der Waals surface area (Å²) in [4.78, 5) is 12.0. The third kappa shape index (κ3) is 3.97. The smallest absolute Gasteiger partial charge is 0.243 e. The van der Waals surface area contributed by atoms with Crippen molar-refractivity contribution in [3.63, 3.8) is 0 Å². The summed E-state index contributed by atoms with van der Waals surface area (Å²) in [7, 11) is 0. The van der Waals surface area contributed by atoms with Gasteiger partial charge in [0.2, 0.25) is 5.91 Å². The van der Waals surface area contributed by atoms with Crippen LogP contribution in [0.15, 0.2) is 23.3 Å². The number of carbonyl (C=O) groups excluding carboxylic acids is 1. The van der Waals surface area contributed by atoms with E-state index in [4.69, 9.17) is 23.2 Å². The predicted molar refractivity (Wildman–Crippen MR) is 83.4 cm³/mol. The molecule has 1 fully saturated rings. The van der Waals surface area contributed by atoms with E-state index in [9.17, 15) is 4.79 Å². The monoisotopic (exact) mass is 312 g/mol. The number of nitrogens with one attached hydrogen (secondary N) is 1. The molecule has 0 aliphatic heterocycles. The van der Waals surface area contributed by atoms with E-state index in [1.54, 1.807) is 12.1 Å². The highest BCUT2D eigenvalue weighted by molar-refractivity contribution is 6.42. The second-order valence-corrected chi connectivity index (χ2v) is 5.95. The van der Waals surface area contributed by atoms with Crippen molar-refractivity contribution in [2.75, 3.05) is 0 Å². The van der Waals surface area contributed by atoms with Crippen LogP contribution in [0.5, 0.6) is 0 Å². The molecule has 0 atom stereocenters. The van der Waals surface area contributed by atoms with Crippen LogP contribution in [0.25, 0.3) is 0 Å². The Morgan fingerprint density at radius 2 is 1.90 bits per heavy atom. The molecule has 108 valence electrons. The third-order valence-corrected chi connectivity index (χ3v) is 4.39. The summed E-state index contributed by atoms with van der Waals surface area (Å²) < 4.78 is 0. The quantitative estimate of drug-likeness (QED) is 0.651. The first-order valence-corrected chi connectivity index (χ1v) is 7.63. The van der Waals surface area contributed by atoms with Crippen molar-refractivity contribution in [3.8, 4) is 0 Å². The molecule has 1 saturated carbocycles. The molecular weight excluding hydrogens is 295 g/mol. The minimum absolute atomic E-state index is 0.0177. The van der Waals surface area contributed by atoms with Crippen molar-refractivity contribution < 1.29 is 4.79 Å². The van der Waals surface area contributed by atoms with Crippen LogP contribution in [0.3, 0.4) is 0 Å². The van der Waals surface area contributed by atoms with Crippen molar-refractivity contribution in [2.24, 2.45) is 11.0 Å². The molecule has 3 nitrogen and oxygen atoms in total. The van der Waals surface area contributed by atoms with Gasteiger partial charge >= 0.3 is 0 Å². The summed E-state index contributed by atoms with van der Waals surface area (Å²) in [5.74, 6) is 0.123. The van der Waals surface area contributed by atoms with Gasteiger partial charge in [-0.3, -0.25) is 4.79 Å². The van der Waals surface area contributed by atoms with Gasteiger partial charge in [0.15, 0.2) is 0 Å². The summed E-state index contributed by atoms with van der Waals surface area (Å²) in [6, 6.07) is 5.30.